The Morgan fingerprint density at radius 2 is 1.50 bits per heavy atom. The van der Waals surface area contributed by atoms with Crippen molar-refractivity contribution in [3.8, 4) is 0 Å². The molecule has 0 aliphatic heterocycles. The molecule has 0 radical (unpaired) electrons. The van der Waals surface area contributed by atoms with Crippen LogP contribution in [0.25, 0.3) is 0 Å². The Kier molecular flexibility index (Phi) is 4.92. The predicted octanol–water partition coefficient (Wildman–Crippen LogP) is 1.84. The van der Waals surface area contributed by atoms with Gasteiger partial charge in [-0.15, -0.1) is 0 Å². The summed E-state index contributed by atoms with van der Waals surface area (Å²) in [6.07, 6.45) is 4.47. The van der Waals surface area contributed by atoms with E-state index >= 15 is 0 Å². The number of allylic oxidation sites excluding steroid dienone is 2. The number of hydrogen-bond donors (Lipinski definition) is 0. The Morgan fingerprint density at radius 1 is 0.944 bits per heavy atom. The fourth-order valence-electron chi connectivity index (χ4n) is 2.35. The third kappa shape index (κ3) is 1.87. The molecule has 1 rings (SSSR count). The van der Waals surface area contributed by atoms with Gasteiger partial charge in [0.15, 0.2) is 5.76 Å². The molecule has 0 bridgehead atoms. The largest absolute Gasteiger partial charge is 0.495 e. The SMILES string of the molecule is CCC1=C(OC)C(OC)(OC)C(OC)(OC)C=C1. The first kappa shape index (κ1) is 15.2. The summed E-state index contributed by atoms with van der Waals surface area (Å²) >= 11 is 0. The van der Waals surface area contributed by atoms with Gasteiger partial charge in [0.05, 0.1) is 7.11 Å². The highest BCUT2D eigenvalue weighted by atomic mass is 16.8. The van der Waals surface area contributed by atoms with Crippen molar-refractivity contribution in [2.24, 2.45) is 0 Å². The van der Waals surface area contributed by atoms with E-state index < -0.39 is 11.6 Å². The van der Waals surface area contributed by atoms with Crippen LogP contribution in [0.3, 0.4) is 0 Å². The highest BCUT2D eigenvalue weighted by Gasteiger charge is 2.59. The third-order valence-electron chi connectivity index (χ3n) is 3.32. The van der Waals surface area contributed by atoms with Crippen molar-refractivity contribution >= 4 is 0 Å². The van der Waals surface area contributed by atoms with Gasteiger partial charge in [0.2, 0.25) is 0 Å². The van der Waals surface area contributed by atoms with Crippen LogP contribution < -0.4 is 0 Å². The summed E-state index contributed by atoms with van der Waals surface area (Å²) in [6, 6.07) is 0. The van der Waals surface area contributed by atoms with Gasteiger partial charge < -0.3 is 23.7 Å². The van der Waals surface area contributed by atoms with Crippen molar-refractivity contribution in [1.82, 2.24) is 0 Å². The molecular formula is C13H22O5. The molecule has 0 aromatic rings. The minimum absolute atomic E-state index is 0.557. The quantitative estimate of drug-likeness (QED) is 0.680. The highest BCUT2D eigenvalue weighted by Crippen LogP contribution is 2.43. The molecule has 0 aromatic heterocycles. The molecule has 5 heteroatoms. The summed E-state index contributed by atoms with van der Waals surface area (Å²) in [5.41, 5.74) is 0.978. The van der Waals surface area contributed by atoms with Gasteiger partial charge in [0.1, 0.15) is 0 Å². The lowest BCUT2D eigenvalue weighted by Gasteiger charge is -2.46. The van der Waals surface area contributed by atoms with E-state index in [1.54, 1.807) is 13.2 Å². The van der Waals surface area contributed by atoms with E-state index in [4.69, 9.17) is 23.7 Å². The minimum atomic E-state index is -1.26. The summed E-state index contributed by atoms with van der Waals surface area (Å²) in [5, 5.41) is 0. The Morgan fingerprint density at radius 3 is 1.83 bits per heavy atom. The normalized spacial score (nSPS) is 21.2. The summed E-state index contributed by atoms with van der Waals surface area (Å²) in [4.78, 5) is 0. The Hall–Kier alpha value is -0.880. The van der Waals surface area contributed by atoms with Gasteiger partial charge in [-0.2, -0.15) is 0 Å². The van der Waals surface area contributed by atoms with Crippen LogP contribution in [0, 0.1) is 0 Å². The maximum absolute atomic E-state index is 5.55. The van der Waals surface area contributed by atoms with E-state index in [0.717, 1.165) is 12.0 Å². The van der Waals surface area contributed by atoms with Crippen LogP contribution >= 0.6 is 0 Å². The second-order valence-corrected chi connectivity index (χ2v) is 3.85. The molecule has 104 valence electrons. The number of ether oxygens (including phenoxy) is 5. The molecule has 0 fully saturated rings. The number of hydrogen-bond acceptors (Lipinski definition) is 5. The van der Waals surface area contributed by atoms with Crippen molar-refractivity contribution in [2.45, 2.75) is 24.9 Å². The maximum atomic E-state index is 5.55. The van der Waals surface area contributed by atoms with E-state index in [1.807, 2.05) is 13.0 Å². The van der Waals surface area contributed by atoms with E-state index in [9.17, 15) is 0 Å². The second-order valence-electron chi connectivity index (χ2n) is 3.85. The molecule has 0 atom stereocenters. The first-order valence-corrected chi connectivity index (χ1v) is 5.78. The fourth-order valence-corrected chi connectivity index (χ4v) is 2.35. The van der Waals surface area contributed by atoms with Crippen molar-refractivity contribution in [3.05, 3.63) is 23.5 Å². The third-order valence-corrected chi connectivity index (χ3v) is 3.32. The van der Waals surface area contributed by atoms with Crippen LogP contribution in [0.1, 0.15) is 13.3 Å². The zero-order valence-corrected chi connectivity index (χ0v) is 11.9. The molecule has 1 aliphatic rings. The summed E-state index contributed by atoms with van der Waals surface area (Å²) < 4.78 is 27.5. The molecule has 18 heavy (non-hydrogen) atoms. The summed E-state index contributed by atoms with van der Waals surface area (Å²) in [6.45, 7) is 2.03. The van der Waals surface area contributed by atoms with Gasteiger partial charge in [0, 0.05) is 28.4 Å². The average molecular weight is 258 g/mol. The molecule has 0 unspecified atom stereocenters. The average Bonchev–Trinajstić information content (AvgIpc) is 2.44. The van der Waals surface area contributed by atoms with E-state index in [0.29, 0.717) is 5.76 Å². The molecule has 0 spiro atoms. The standard InChI is InChI=1S/C13H22O5/c1-7-10-8-9-12(15-3,16-4)13(17-5,18-6)11(10)14-2/h8-9H,7H2,1-6H3. The van der Waals surface area contributed by atoms with Crippen LogP contribution in [-0.4, -0.2) is 47.1 Å². The van der Waals surface area contributed by atoms with Crippen molar-refractivity contribution in [1.29, 1.82) is 0 Å². The molecule has 5 nitrogen and oxygen atoms in total. The molecule has 0 saturated heterocycles. The van der Waals surface area contributed by atoms with Crippen LogP contribution in [-0.2, 0) is 23.7 Å². The number of methoxy groups -OCH3 is 5. The Labute approximate surface area is 108 Å². The molecule has 0 aromatic carbocycles. The van der Waals surface area contributed by atoms with Gasteiger partial charge in [-0.1, -0.05) is 13.0 Å². The molecule has 0 amide bonds. The van der Waals surface area contributed by atoms with Crippen LogP contribution in [0.15, 0.2) is 23.5 Å². The summed E-state index contributed by atoms with van der Waals surface area (Å²) in [5.74, 6) is -1.88. The van der Waals surface area contributed by atoms with Gasteiger partial charge in [-0.05, 0) is 18.1 Å². The zero-order chi connectivity index (χ0) is 13.8. The topological polar surface area (TPSA) is 46.2 Å². The van der Waals surface area contributed by atoms with Gasteiger partial charge in [-0.3, -0.25) is 0 Å². The zero-order valence-electron chi connectivity index (χ0n) is 11.9. The van der Waals surface area contributed by atoms with Crippen LogP contribution in [0.2, 0.25) is 0 Å². The maximum Gasteiger partial charge on any atom is 0.287 e. The first-order chi connectivity index (χ1) is 8.61. The summed E-state index contributed by atoms with van der Waals surface area (Å²) in [7, 11) is 7.70. The smallest absolute Gasteiger partial charge is 0.287 e. The molecule has 0 heterocycles. The second kappa shape index (κ2) is 5.84. The predicted molar refractivity (Wildman–Crippen MR) is 67.0 cm³/mol. The van der Waals surface area contributed by atoms with Gasteiger partial charge in [0.25, 0.3) is 11.6 Å². The fraction of sp³-hybridized carbons (Fsp3) is 0.692. The van der Waals surface area contributed by atoms with E-state index in [1.165, 1.54) is 28.4 Å². The molecule has 0 N–H and O–H groups in total. The monoisotopic (exact) mass is 258 g/mol. The minimum Gasteiger partial charge on any atom is -0.495 e. The van der Waals surface area contributed by atoms with Crippen molar-refractivity contribution < 1.29 is 23.7 Å². The lowest BCUT2D eigenvalue weighted by atomic mass is 9.91. The molecular weight excluding hydrogens is 236 g/mol. The first-order valence-electron chi connectivity index (χ1n) is 5.78. The van der Waals surface area contributed by atoms with Crippen LogP contribution in [0.4, 0.5) is 0 Å². The van der Waals surface area contributed by atoms with Gasteiger partial charge in [-0.25, -0.2) is 0 Å². The Bertz CT molecular complexity index is 337. The van der Waals surface area contributed by atoms with Crippen molar-refractivity contribution in [2.75, 3.05) is 35.5 Å². The van der Waals surface area contributed by atoms with E-state index in [2.05, 4.69) is 0 Å². The van der Waals surface area contributed by atoms with Crippen molar-refractivity contribution in [3.63, 3.8) is 0 Å². The highest BCUT2D eigenvalue weighted by molar-refractivity contribution is 5.37. The van der Waals surface area contributed by atoms with E-state index in [-0.39, 0.29) is 0 Å². The molecule has 0 saturated carbocycles. The molecule has 1 aliphatic carbocycles. The lowest BCUT2D eigenvalue weighted by molar-refractivity contribution is -0.360. The lowest BCUT2D eigenvalue weighted by Crippen LogP contribution is -2.61. The Balaban J connectivity index is 3.47. The van der Waals surface area contributed by atoms with Gasteiger partial charge >= 0.3 is 0 Å². The number of rotatable bonds is 6. The van der Waals surface area contributed by atoms with Crippen LogP contribution in [0.5, 0.6) is 0 Å².